The van der Waals surface area contributed by atoms with Crippen molar-refractivity contribution in [2.24, 2.45) is 5.41 Å². The van der Waals surface area contributed by atoms with E-state index in [4.69, 9.17) is 0 Å². The first-order valence-corrected chi connectivity index (χ1v) is 8.07. The number of rotatable bonds is 8. The van der Waals surface area contributed by atoms with Gasteiger partial charge in [-0.15, -0.1) is 0 Å². The maximum Gasteiger partial charge on any atom is 0.310 e. The highest BCUT2D eigenvalue weighted by molar-refractivity contribution is 5.74. The number of hydrogen-bond donors (Lipinski definition) is 2. The van der Waals surface area contributed by atoms with Crippen molar-refractivity contribution in [1.29, 1.82) is 0 Å². The van der Waals surface area contributed by atoms with E-state index in [0.29, 0.717) is 25.9 Å². The second-order valence-corrected chi connectivity index (χ2v) is 5.86. The molecule has 2 rings (SSSR count). The van der Waals surface area contributed by atoms with Gasteiger partial charge in [0.25, 0.3) is 0 Å². The molecular formula is C18H25N3O2. The molecule has 0 aliphatic heterocycles. The van der Waals surface area contributed by atoms with E-state index in [1.165, 1.54) is 0 Å². The molecule has 0 radical (unpaired) electrons. The number of aliphatic carboxylic acids is 1. The molecule has 5 nitrogen and oxygen atoms in total. The quantitative estimate of drug-likeness (QED) is 0.785. The first-order valence-electron chi connectivity index (χ1n) is 8.07. The predicted octanol–water partition coefficient (Wildman–Crippen LogP) is 3.16. The second-order valence-electron chi connectivity index (χ2n) is 5.86. The molecule has 0 saturated heterocycles. The van der Waals surface area contributed by atoms with Crippen molar-refractivity contribution in [2.75, 3.05) is 6.54 Å². The Morgan fingerprint density at radius 3 is 2.48 bits per heavy atom. The van der Waals surface area contributed by atoms with Gasteiger partial charge in [-0.2, -0.15) is 0 Å². The Labute approximate surface area is 137 Å². The summed E-state index contributed by atoms with van der Waals surface area (Å²) in [6, 6.07) is 10.1. The lowest BCUT2D eigenvalue weighted by molar-refractivity contribution is -0.149. The van der Waals surface area contributed by atoms with Gasteiger partial charge in [-0.25, -0.2) is 4.98 Å². The van der Waals surface area contributed by atoms with Gasteiger partial charge >= 0.3 is 5.97 Å². The molecule has 1 aromatic carbocycles. The lowest BCUT2D eigenvalue weighted by Crippen LogP contribution is -2.40. The lowest BCUT2D eigenvalue weighted by Gasteiger charge is -2.27. The lowest BCUT2D eigenvalue weighted by atomic mass is 9.82. The molecule has 0 aliphatic carbocycles. The fourth-order valence-electron chi connectivity index (χ4n) is 2.85. The van der Waals surface area contributed by atoms with E-state index >= 15 is 0 Å². The maximum atomic E-state index is 11.6. The number of carboxylic acids is 1. The second kappa shape index (κ2) is 7.42. The normalized spacial score (nSPS) is 11.6. The summed E-state index contributed by atoms with van der Waals surface area (Å²) in [7, 11) is 0. The van der Waals surface area contributed by atoms with Gasteiger partial charge in [0.05, 0.1) is 17.3 Å². The molecule has 0 amide bonds. The standard InChI is InChI=1S/C18H25N3O2/c1-4-18(5-2,17(22)23)13-19-11-16-12-20-14(3)21(16)15-9-7-6-8-10-15/h6-10,12,19H,4-5,11,13H2,1-3H3,(H,22,23). The van der Waals surface area contributed by atoms with Crippen LogP contribution in [0.1, 0.15) is 38.2 Å². The zero-order valence-corrected chi connectivity index (χ0v) is 14.0. The van der Waals surface area contributed by atoms with Crippen LogP contribution in [0.3, 0.4) is 0 Å². The summed E-state index contributed by atoms with van der Waals surface area (Å²) in [6.07, 6.45) is 3.07. The Morgan fingerprint density at radius 2 is 1.91 bits per heavy atom. The minimum absolute atomic E-state index is 0.453. The Hall–Kier alpha value is -2.14. The van der Waals surface area contributed by atoms with Crippen LogP contribution in [0.4, 0.5) is 0 Å². The molecule has 0 fully saturated rings. The third kappa shape index (κ3) is 3.62. The third-order valence-corrected chi connectivity index (χ3v) is 4.60. The number of aryl methyl sites for hydroxylation is 1. The summed E-state index contributed by atoms with van der Waals surface area (Å²) in [5, 5.41) is 12.8. The van der Waals surface area contributed by atoms with Gasteiger partial charge < -0.3 is 10.4 Å². The summed E-state index contributed by atoms with van der Waals surface area (Å²) in [6.45, 7) is 6.87. The van der Waals surface area contributed by atoms with E-state index < -0.39 is 11.4 Å². The number of carbonyl (C=O) groups is 1. The summed E-state index contributed by atoms with van der Waals surface area (Å²) >= 11 is 0. The van der Waals surface area contributed by atoms with Crippen molar-refractivity contribution in [3.63, 3.8) is 0 Å². The zero-order chi connectivity index (χ0) is 16.9. The molecule has 124 valence electrons. The van der Waals surface area contributed by atoms with Crippen LogP contribution < -0.4 is 5.32 Å². The number of para-hydroxylation sites is 1. The number of nitrogens with zero attached hydrogens (tertiary/aromatic N) is 2. The molecule has 1 heterocycles. The smallest absolute Gasteiger partial charge is 0.310 e. The molecular weight excluding hydrogens is 290 g/mol. The molecule has 0 saturated carbocycles. The van der Waals surface area contributed by atoms with Crippen LogP contribution in [0.5, 0.6) is 0 Å². The van der Waals surface area contributed by atoms with E-state index in [1.54, 1.807) is 0 Å². The zero-order valence-electron chi connectivity index (χ0n) is 14.0. The molecule has 2 N–H and O–H groups in total. The monoisotopic (exact) mass is 315 g/mol. The fourth-order valence-corrected chi connectivity index (χ4v) is 2.85. The minimum Gasteiger partial charge on any atom is -0.481 e. The SMILES string of the molecule is CCC(CC)(CNCc1cnc(C)n1-c1ccccc1)C(=O)O. The van der Waals surface area contributed by atoms with Crippen LogP contribution >= 0.6 is 0 Å². The van der Waals surface area contributed by atoms with Crippen molar-refractivity contribution in [3.8, 4) is 5.69 Å². The molecule has 0 unspecified atom stereocenters. The first-order chi connectivity index (χ1) is 11.0. The van der Waals surface area contributed by atoms with E-state index in [0.717, 1.165) is 17.2 Å². The molecule has 2 aromatic rings. The van der Waals surface area contributed by atoms with Gasteiger partial charge in [-0.3, -0.25) is 9.36 Å². The average Bonchev–Trinajstić information content (AvgIpc) is 2.93. The van der Waals surface area contributed by atoms with Crippen molar-refractivity contribution in [3.05, 3.63) is 48.0 Å². The van der Waals surface area contributed by atoms with E-state index in [1.807, 2.05) is 57.3 Å². The van der Waals surface area contributed by atoms with Crippen molar-refractivity contribution < 1.29 is 9.90 Å². The number of hydrogen-bond acceptors (Lipinski definition) is 3. The largest absolute Gasteiger partial charge is 0.481 e. The Bertz CT molecular complexity index is 646. The molecule has 0 spiro atoms. The van der Waals surface area contributed by atoms with Crippen molar-refractivity contribution in [1.82, 2.24) is 14.9 Å². The number of carboxylic acid groups (broad SMARTS) is 1. The Balaban J connectivity index is 2.12. The van der Waals surface area contributed by atoms with Crippen LogP contribution in [-0.4, -0.2) is 27.2 Å². The summed E-state index contributed by atoms with van der Waals surface area (Å²) < 4.78 is 2.09. The van der Waals surface area contributed by atoms with Crippen LogP contribution in [0, 0.1) is 12.3 Å². The average molecular weight is 315 g/mol. The Kier molecular flexibility index (Phi) is 5.55. The highest BCUT2D eigenvalue weighted by Crippen LogP contribution is 2.26. The predicted molar refractivity (Wildman–Crippen MR) is 90.7 cm³/mol. The first kappa shape index (κ1) is 17.2. The molecule has 0 atom stereocenters. The van der Waals surface area contributed by atoms with Crippen LogP contribution in [-0.2, 0) is 11.3 Å². The molecule has 1 aromatic heterocycles. The van der Waals surface area contributed by atoms with Gasteiger partial charge in [0, 0.05) is 18.8 Å². The van der Waals surface area contributed by atoms with Crippen LogP contribution in [0.2, 0.25) is 0 Å². The van der Waals surface area contributed by atoms with E-state index in [9.17, 15) is 9.90 Å². The van der Waals surface area contributed by atoms with Crippen LogP contribution in [0.15, 0.2) is 36.5 Å². The van der Waals surface area contributed by atoms with Gasteiger partial charge in [-0.1, -0.05) is 32.0 Å². The van der Waals surface area contributed by atoms with Gasteiger partial charge in [0.1, 0.15) is 5.82 Å². The van der Waals surface area contributed by atoms with Crippen molar-refractivity contribution in [2.45, 2.75) is 40.2 Å². The van der Waals surface area contributed by atoms with Gasteiger partial charge in [0.2, 0.25) is 0 Å². The van der Waals surface area contributed by atoms with Gasteiger partial charge in [0.15, 0.2) is 0 Å². The molecule has 5 heteroatoms. The van der Waals surface area contributed by atoms with E-state index in [2.05, 4.69) is 14.9 Å². The molecule has 23 heavy (non-hydrogen) atoms. The van der Waals surface area contributed by atoms with E-state index in [-0.39, 0.29) is 0 Å². The summed E-state index contributed by atoms with van der Waals surface area (Å²) in [5.74, 6) is 0.186. The minimum atomic E-state index is -0.734. The molecule has 0 bridgehead atoms. The number of benzene rings is 1. The number of imidazole rings is 1. The Morgan fingerprint density at radius 1 is 1.26 bits per heavy atom. The van der Waals surface area contributed by atoms with Crippen LogP contribution in [0.25, 0.3) is 5.69 Å². The third-order valence-electron chi connectivity index (χ3n) is 4.60. The maximum absolute atomic E-state index is 11.6. The number of aromatic nitrogens is 2. The fraction of sp³-hybridized carbons (Fsp3) is 0.444. The molecule has 0 aliphatic rings. The highest BCUT2D eigenvalue weighted by atomic mass is 16.4. The van der Waals surface area contributed by atoms with Crippen molar-refractivity contribution >= 4 is 5.97 Å². The summed E-state index contributed by atoms with van der Waals surface area (Å²) in [4.78, 5) is 16.0. The highest BCUT2D eigenvalue weighted by Gasteiger charge is 2.34. The number of nitrogens with one attached hydrogen (secondary N) is 1. The topological polar surface area (TPSA) is 67.2 Å². The summed E-state index contributed by atoms with van der Waals surface area (Å²) in [5.41, 5.74) is 1.39. The van der Waals surface area contributed by atoms with Gasteiger partial charge in [-0.05, 0) is 31.9 Å².